The van der Waals surface area contributed by atoms with Crippen LogP contribution >= 0.6 is 11.6 Å². The largest absolute Gasteiger partial charge is 0.288 e. The van der Waals surface area contributed by atoms with Crippen molar-refractivity contribution in [1.29, 1.82) is 0 Å². The number of hydrogen-bond donors (Lipinski definition) is 0. The number of nitrogens with zero attached hydrogens (tertiary/aromatic N) is 4. The van der Waals surface area contributed by atoms with E-state index in [2.05, 4.69) is 5.10 Å². The normalized spacial score (nSPS) is 13.4. The summed E-state index contributed by atoms with van der Waals surface area (Å²) >= 11 is 6.03. The zero-order valence-corrected chi connectivity index (χ0v) is 16.3. The molecule has 0 spiro atoms. The second kappa shape index (κ2) is 6.97. The SMILES string of the molecule is O=[N+]([O-])c1cc(-c2nc3c(-c4ccccc4)cnn3c3c2CCCC3)ccc1Cl. The van der Waals surface area contributed by atoms with Gasteiger partial charge in [-0.3, -0.25) is 10.1 Å². The highest BCUT2D eigenvalue weighted by atomic mass is 35.5. The molecule has 0 amide bonds. The standard InChI is InChI=1S/C22H17ClN4O2/c23-18-11-10-15(12-20(18)27(28)29)21-16-8-4-5-9-19(16)26-22(25-21)17(13-24-26)14-6-2-1-3-7-14/h1-3,6-7,10-13H,4-5,8-9H2. The molecule has 0 aliphatic heterocycles. The van der Waals surface area contributed by atoms with Crippen LogP contribution in [0.15, 0.2) is 54.7 Å². The Kier molecular flexibility index (Phi) is 4.28. The van der Waals surface area contributed by atoms with Crippen molar-refractivity contribution < 1.29 is 4.92 Å². The first kappa shape index (κ1) is 17.8. The molecule has 4 aromatic rings. The minimum absolute atomic E-state index is 0.104. The summed E-state index contributed by atoms with van der Waals surface area (Å²) in [4.78, 5) is 15.9. The Hall–Kier alpha value is -3.25. The average molecular weight is 405 g/mol. The first-order valence-corrected chi connectivity index (χ1v) is 9.90. The number of aryl methyl sites for hydroxylation is 1. The number of fused-ring (bicyclic) bond motifs is 3. The molecule has 1 aliphatic carbocycles. The molecule has 0 saturated carbocycles. The number of rotatable bonds is 3. The van der Waals surface area contributed by atoms with E-state index in [1.807, 2.05) is 47.1 Å². The van der Waals surface area contributed by atoms with E-state index < -0.39 is 4.92 Å². The first-order chi connectivity index (χ1) is 14.1. The van der Waals surface area contributed by atoms with Gasteiger partial charge in [-0.1, -0.05) is 48.0 Å². The van der Waals surface area contributed by atoms with Gasteiger partial charge in [0.05, 0.1) is 16.8 Å². The van der Waals surface area contributed by atoms with Gasteiger partial charge < -0.3 is 0 Å². The topological polar surface area (TPSA) is 73.3 Å². The van der Waals surface area contributed by atoms with Crippen LogP contribution in [-0.2, 0) is 12.8 Å². The molecule has 0 radical (unpaired) electrons. The molecule has 0 saturated heterocycles. The lowest BCUT2D eigenvalue weighted by Gasteiger charge is -2.20. The summed E-state index contributed by atoms with van der Waals surface area (Å²) in [7, 11) is 0. The van der Waals surface area contributed by atoms with Gasteiger partial charge in [0.15, 0.2) is 5.65 Å². The van der Waals surface area contributed by atoms with Crippen molar-refractivity contribution in [3.8, 4) is 22.4 Å². The molecule has 29 heavy (non-hydrogen) atoms. The smallest absolute Gasteiger partial charge is 0.258 e. The average Bonchev–Trinajstić information content (AvgIpc) is 3.18. The number of hydrogen-bond acceptors (Lipinski definition) is 4. The van der Waals surface area contributed by atoms with E-state index in [4.69, 9.17) is 16.6 Å². The summed E-state index contributed by atoms with van der Waals surface area (Å²) in [5.74, 6) is 0. The Morgan fingerprint density at radius 1 is 1.03 bits per heavy atom. The summed E-state index contributed by atoms with van der Waals surface area (Å²) in [6, 6.07) is 14.9. The number of aromatic nitrogens is 3. The lowest BCUT2D eigenvalue weighted by atomic mass is 9.92. The maximum atomic E-state index is 11.4. The van der Waals surface area contributed by atoms with E-state index >= 15 is 0 Å². The highest BCUT2D eigenvalue weighted by Crippen LogP contribution is 2.36. The van der Waals surface area contributed by atoms with Crippen molar-refractivity contribution in [2.45, 2.75) is 25.7 Å². The Labute approximate surface area is 171 Å². The number of nitro groups is 1. The zero-order valence-electron chi connectivity index (χ0n) is 15.5. The summed E-state index contributed by atoms with van der Waals surface area (Å²) in [5, 5.41) is 16.1. The molecular weight excluding hydrogens is 388 g/mol. The highest BCUT2D eigenvalue weighted by Gasteiger charge is 2.24. The van der Waals surface area contributed by atoms with Gasteiger partial charge in [0, 0.05) is 28.5 Å². The monoisotopic (exact) mass is 404 g/mol. The van der Waals surface area contributed by atoms with Gasteiger partial charge in [0.1, 0.15) is 5.02 Å². The third-order valence-corrected chi connectivity index (χ3v) is 5.76. The molecule has 144 valence electrons. The lowest BCUT2D eigenvalue weighted by Crippen LogP contribution is -2.13. The molecule has 7 heteroatoms. The van der Waals surface area contributed by atoms with Crippen LogP contribution in [0.4, 0.5) is 5.69 Å². The second-order valence-corrected chi connectivity index (χ2v) is 7.58. The van der Waals surface area contributed by atoms with Crippen LogP contribution in [0, 0.1) is 10.1 Å². The van der Waals surface area contributed by atoms with E-state index in [1.165, 1.54) is 6.07 Å². The third kappa shape index (κ3) is 2.96. The van der Waals surface area contributed by atoms with Crippen molar-refractivity contribution in [1.82, 2.24) is 14.6 Å². The van der Waals surface area contributed by atoms with Gasteiger partial charge in [-0.2, -0.15) is 5.10 Å². The van der Waals surface area contributed by atoms with Crippen molar-refractivity contribution >= 4 is 22.9 Å². The minimum Gasteiger partial charge on any atom is -0.258 e. The van der Waals surface area contributed by atoms with Crippen LogP contribution in [0.1, 0.15) is 24.1 Å². The maximum absolute atomic E-state index is 11.4. The van der Waals surface area contributed by atoms with E-state index in [9.17, 15) is 10.1 Å². The van der Waals surface area contributed by atoms with Gasteiger partial charge in [-0.05, 0) is 37.3 Å². The van der Waals surface area contributed by atoms with Crippen LogP contribution in [0.3, 0.4) is 0 Å². The number of nitro benzene ring substituents is 1. The van der Waals surface area contributed by atoms with E-state index in [1.54, 1.807) is 6.07 Å². The second-order valence-electron chi connectivity index (χ2n) is 7.18. The summed E-state index contributed by atoms with van der Waals surface area (Å²) in [6.45, 7) is 0. The van der Waals surface area contributed by atoms with E-state index in [0.29, 0.717) is 5.56 Å². The molecule has 2 heterocycles. The summed E-state index contributed by atoms with van der Waals surface area (Å²) in [6.07, 6.45) is 5.79. The van der Waals surface area contributed by atoms with E-state index in [0.717, 1.165) is 59.4 Å². The Bertz CT molecular complexity index is 1250. The van der Waals surface area contributed by atoms with Gasteiger partial charge in [-0.25, -0.2) is 9.50 Å². The Morgan fingerprint density at radius 2 is 1.83 bits per heavy atom. The number of benzene rings is 2. The molecule has 2 aromatic heterocycles. The molecule has 0 unspecified atom stereocenters. The Balaban J connectivity index is 1.79. The van der Waals surface area contributed by atoms with E-state index in [-0.39, 0.29) is 10.7 Å². The highest BCUT2D eigenvalue weighted by molar-refractivity contribution is 6.32. The predicted molar refractivity (Wildman–Crippen MR) is 112 cm³/mol. The van der Waals surface area contributed by atoms with Gasteiger partial charge >= 0.3 is 0 Å². The molecule has 6 nitrogen and oxygen atoms in total. The fourth-order valence-corrected chi connectivity index (χ4v) is 4.25. The Morgan fingerprint density at radius 3 is 2.62 bits per heavy atom. The predicted octanol–water partition coefficient (Wildman–Crippen LogP) is 5.50. The molecule has 2 aromatic carbocycles. The zero-order chi connectivity index (χ0) is 20.0. The van der Waals surface area contributed by atoms with Gasteiger partial charge in [-0.15, -0.1) is 0 Å². The third-order valence-electron chi connectivity index (χ3n) is 5.44. The van der Waals surface area contributed by atoms with Crippen molar-refractivity contribution in [3.05, 3.63) is 81.1 Å². The molecule has 0 fully saturated rings. The quantitative estimate of drug-likeness (QED) is 0.333. The fourth-order valence-electron chi connectivity index (χ4n) is 4.06. The van der Waals surface area contributed by atoms with Crippen LogP contribution in [0.5, 0.6) is 0 Å². The van der Waals surface area contributed by atoms with Gasteiger partial charge in [0.25, 0.3) is 5.69 Å². The molecule has 0 N–H and O–H groups in total. The molecule has 0 bridgehead atoms. The van der Waals surface area contributed by atoms with Crippen molar-refractivity contribution in [2.75, 3.05) is 0 Å². The molecule has 5 rings (SSSR count). The van der Waals surface area contributed by atoms with Gasteiger partial charge in [0.2, 0.25) is 0 Å². The summed E-state index contributed by atoms with van der Waals surface area (Å²) < 4.78 is 1.94. The van der Waals surface area contributed by atoms with Crippen LogP contribution in [-0.4, -0.2) is 19.5 Å². The molecule has 0 atom stereocenters. The minimum atomic E-state index is -0.453. The lowest BCUT2D eigenvalue weighted by molar-refractivity contribution is -0.384. The van der Waals surface area contributed by atoms with Crippen LogP contribution in [0.2, 0.25) is 5.02 Å². The molecular formula is C22H17ClN4O2. The van der Waals surface area contributed by atoms with Crippen LogP contribution < -0.4 is 0 Å². The van der Waals surface area contributed by atoms with Crippen molar-refractivity contribution in [3.63, 3.8) is 0 Å². The fraction of sp³-hybridized carbons (Fsp3) is 0.182. The maximum Gasteiger partial charge on any atom is 0.288 e. The van der Waals surface area contributed by atoms with Crippen molar-refractivity contribution in [2.24, 2.45) is 0 Å². The first-order valence-electron chi connectivity index (χ1n) is 9.52. The van der Waals surface area contributed by atoms with Crippen LogP contribution in [0.25, 0.3) is 28.0 Å². The molecule has 1 aliphatic rings. The number of halogens is 1. The summed E-state index contributed by atoms with van der Waals surface area (Å²) in [5.41, 5.74) is 6.39.